The molecule has 0 saturated carbocycles. The lowest BCUT2D eigenvalue weighted by Crippen LogP contribution is -2.12. The molecule has 0 amide bonds. The Bertz CT molecular complexity index is 593. The van der Waals surface area contributed by atoms with E-state index in [0.29, 0.717) is 11.4 Å². The van der Waals surface area contributed by atoms with Gasteiger partial charge in [0.15, 0.2) is 0 Å². The number of aryl methyl sites for hydroxylation is 1. The zero-order valence-corrected chi connectivity index (χ0v) is 10.4. The Kier molecular flexibility index (Phi) is 3.28. The highest BCUT2D eigenvalue weighted by molar-refractivity contribution is 5.93. The molecule has 1 heterocycles. The lowest BCUT2D eigenvalue weighted by molar-refractivity contribution is 0.477. The molecule has 92 valence electrons. The zero-order valence-electron chi connectivity index (χ0n) is 10.4. The number of pyridine rings is 1. The highest BCUT2D eigenvalue weighted by Crippen LogP contribution is 2.26. The molecule has 0 aliphatic rings. The van der Waals surface area contributed by atoms with E-state index in [-0.39, 0.29) is 5.84 Å². The van der Waals surface area contributed by atoms with Gasteiger partial charge in [-0.1, -0.05) is 12.1 Å². The fourth-order valence-electron chi connectivity index (χ4n) is 1.58. The SMILES string of the molecule is Cc1cccc(Oc2ccnc(C(=N)N)c2)c1C. The third-order valence-electron chi connectivity index (χ3n) is 2.79. The van der Waals surface area contributed by atoms with Gasteiger partial charge in [-0.05, 0) is 37.1 Å². The summed E-state index contributed by atoms with van der Waals surface area (Å²) >= 11 is 0. The summed E-state index contributed by atoms with van der Waals surface area (Å²) in [6.45, 7) is 4.05. The average molecular weight is 241 g/mol. The first-order valence-electron chi connectivity index (χ1n) is 5.62. The predicted octanol–water partition coefficient (Wildman–Crippen LogP) is 2.77. The van der Waals surface area contributed by atoms with E-state index in [1.54, 1.807) is 18.3 Å². The number of amidine groups is 1. The second-order valence-electron chi connectivity index (χ2n) is 4.09. The summed E-state index contributed by atoms with van der Waals surface area (Å²) in [6.07, 6.45) is 1.58. The smallest absolute Gasteiger partial charge is 0.141 e. The van der Waals surface area contributed by atoms with E-state index in [1.165, 1.54) is 5.56 Å². The molecular weight excluding hydrogens is 226 g/mol. The average Bonchev–Trinajstić information content (AvgIpc) is 2.35. The van der Waals surface area contributed by atoms with E-state index >= 15 is 0 Å². The first-order valence-corrected chi connectivity index (χ1v) is 5.62. The zero-order chi connectivity index (χ0) is 13.1. The number of nitrogens with zero attached hydrogens (tertiary/aromatic N) is 1. The molecule has 0 unspecified atom stereocenters. The van der Waals surface area contributed by atoms with Crippen molar-refractivity contribution >= 4 is 5.84 Å². The van der Waals surface area contributed by atoms with Gasteiger partial charge in [-0.25, -0.2) is 0 Å². The second kappa shape index (κ2) is 4.87. The Morgan fingerprint density at radius 1 is 1.28 bits per heavy atom. The maximum absolute atomic E-state index is 7.35. The fourth-order valence-corrected chi connectivity index (χ4v) is 1.58. The van der Waals surface area contributed by atoms with Crippen LogP contribution in [0.1, 0.15) is 16.8 Å². The van der Waals surface area contributed by atoms with E-state index in [9.17, 15) is 0 Å². The quantitative estimate of drug-likeness (QED) is 0.641. The summed E-state index contributed by atoms with van der Waals surface area (Å²) < 4.78 is 5.79. The predicted molar refractivity (Wildman–Crippen MR) is 71.2 cm³/mol. The van der Waals surface area contributed by atoms with Gasteiger partial charge in [-0.15, -0.1) is 0 Å². The van der Waals surface area contributed by atoms with Crippen LogP contribution in [0.25, 0.3) is 0 Å². The lowest BCUT2D eigenvalue weighted by Gasteiger charge is -2.10. The molecule has 18 heavy (non-hydrogen) atoms. The van der Waals surface area contributed by atoms with Gasteiger partial charge in [-0.3, -0.25) is 10.4 Å². The number of hydrogen-bond acceptors (Lipinski definition) is 3. The molecule has 2 aromatic rings. The number of rotatable bonds is 3. The van der Waals surface area contributed by atoms with Crippen LogP contribution in [-0.2, 0) is 0 Å². The van der Waals surface area contributed by atoms with Gasteiger partial charge in [0.2, 0.25) is 0 Å². The van der Waals surface area contributed by atoms with Gasteiger partial charge < -0.3 is 10.5 Å². The Labute approximate surface area is 106 Å². The van der Waals surface area contributed by atoms with Crippen LogP contribution in [0.4, 0.5) is 0 Å². The van der Waals surface area contributed by atoms with Crippen molar-refractivity contribution in [3.05, 3.63) is 53.3 Å². The normalized spacial score (nSPS) is 10.1. The number of nitrogens with one attached hydrogen (secondary N) is 1. The molecule has 4 heteroatoms. The molecule has 1 aromatic carbocycles. The summed E-state index contributed by atoms with van der Waals surface area (Å²) in [5.74, 6) is 1.36. The number of nitrogens with two attached hydrogens (primary N) is 1. The van der Waals surface area contributed by atoms with Gasteiger partial charge in [0.1, 0.15) is 23.0 Å². The summed E-state index contributed by atoms with van der Waals surface area (Å²) in [6, 6.07) is 9.30. The van der Waals surface area contributed by atoms with E-state index in [4.69, 9.17) is 15.9 Å². The van der Waals surface area contributed by atoms with E-state index < -0.39 is 0 Å². The van der Waals surface area contributed by atoms with Gasteiger partial charge in [0.25, 0.3) is 0 Å². The fraction of sp³-hybridized carbons (Fsp3) is 0.143. The molecule has 3 N–H and O–H groups in total. The van der Waals surface area contributed by atoms with Gasteiger partial charge in [-0.2, -0.15) is 0 Å². The third-order valence-corrected chi connectivity index (χ3v) is 2.79. The monoisotopic (exact) mass is 241 g/mol. The molecule has 0 spiro atoms. The summed E-state index contributed by atoms with van der Waals surface area (Å²) in [7, 11) is 0. The minimum atomic E-state index is -0.0681. The number of benzene rings is 1. The molecule has 1 aromatic heterocycles. The lowest BCUT2D eigenvalue weighted by atomic mass is 10.1. The molecule has 0 saturated heterocycles. The van der Waals surface area contributed by atoms with Crippen molar-refractivity contribution in [3.63, 3.8) is 0 Å². The molecule has 0 aliphatic heterocycles. The molecule has 0 aliphatic carbocycles. The van der Waals surface area contributed by atoms with Crippen LogP contribution in [0.2, 0.25) is 0 Å². The topological polar surface area (TPSA) is 72.0 Å². The molecule has 0 fully saturated rings. The largest absolute Gasteiger partial charge is 0.457 e. The minimum absolute atomic E-state index is 0.0681. The van der Waals surface area contributed by atoms with E-state index in [1.807, 2.05) is 32.0 Å². The van der Waals surface area contributed by atoms with Crippen LogP contribution in [-0.4, -0.2) is 10.8 Å². The Balaban J connectivity index is 2.31. The first-order chi connectivity index (χ1) is 8.58. The van der Waals surface area contributed by atoms with Crippen LogP contribution in [0.3, 0.4) is 0 Å². The van der Waals surface area contributed by atoms with Crippen LogP contribution < -0.4 is 10.5 Å². The van der Waals surface area contributed by atoms with Crippen molar-refractivity contribution in [2.45, 2.75) is 13.8 Å². The van der Waals surface area contributed by atoms with Crippen LogP contribution in [0, 0.1) is 19.3 Å². The summed E-state index contributed by atoms with van der Waals surface area (Å²) in [4.78, 5) is 3.99. The molecule has 4 nitrogen and oxygen atoms in total. The van der Waals surface area contributed by atoms with E-state index in [0.717, 1.165) is 11.3 Å². The van der Waals surface area contributed by atoms with Gasteiger partial charge in [0.05, 0.1) is 0 Å². The Hall–Kier alpha value is -2.36. The number of ether oxygens (including phenoxy) is 1. The molecule has 2 rings (SSSR count). The first kappa shape index (κ1) is 12.1. The van der Waals surface area contributed by atoms with Crippen molar-refractivity contribution in [1.29, 1.82) is 5.41 Å². The number of nitrogen functional groups attached to an aromatic ring is 1. The highest BCUT2D eigenvalue weighted by Gasteiger charge is 2.05. The maximum Gasteiger partial charge on any atom is 0.141 e. The standard InChI is InChI=1S/C14H15N3O/c1-9-4-3-5-13(10(9)2)18-11-6-7-17-12(8-11)14(15)16/h3-8H,1-2H3,(H3,15,16). The van der Waals surface area contributed by atoms with Gasteiger partial charge in [0, 0.05) is 12.3 Å². The number of hydrogen-bond donors (Lipinski definition) is 2. The van der Waals surface area contributed by atoms with Crippen molar-refractivity contribution in [2.75, 3.05) is 0 Å². The van der Waals surface area contributed by atoms with Gasteiger partial charge >= 0.3 is 0 Å². The number of aromatic nitrogens is 1. The minimum Gasteiger partial charge on any atom is -0.457 e. The third kappa shape index (κ3) is 2.48. The molecule has 0 bridgehead atoms. The van der Waals surface area contributed by atoms with Crippen LogP contribution in [0.5, 0.6) is 11.5 Å². The van der Waals surface area contributed by atoms with Crippen molar-refractivity contribution in [3.8, 4) is 11.5 Å². The summed E-state index contributed by atoms with van der Waals surface area (Å²) in [5, 5.41) is 7.35. The van der Waals surface area contributed by atoms with Crippen LogP contribution >= 0.6 is 0 Å². The van der Waals surface area contributed by atoms with Crippen molar-refractivity contribution < 1.29 is 4.74 Å². The van der Waals surface area contributed by atoms with E-state index in [2.05, 4.69) is 4.98 Å². The highest BCUT2D eigenvalue weighted by atomic mass is 16.5. The Morgan fingerprint density at radius 3 is 2.78 bits per heavy atom. The molecule has 0 radical (unpaired) electrons. The Morgan fingerprint density at radius 2 is 2.06 bits per heavy atom. The second-order valence-corrected chi connectivity index (χ2v) is 4.09. The van der Waals surface area contributed by atoms with Crippen molar-refractivity contribution in [1.82, 2.24) is 4.98 Å². The molecular formula is C14H15N3O. The maximum atomic E-state index is 7.35. The summed E-state index contributed by atoms with van der Waals surface area (Å²) in [5.41, 5.74) is 8.08. The van der Waals surface area contributed by atoms with Crippen LogP contribution in [0.15, 0.2) is 36.5 Å². The van der Waals surface area contributed by atoms with Crippen molar-refractivity contribution in [2.24, 2.45) is 5.73 Å². The molecule has 0 atom stereocenters.